The number of nitrogens with zero attached hydrogens (tertiary/aromatic N) is 1. The molecule has 1 aliphatic carbocycles. The Morgan fingerprint density at radius 1 is 1.14 bits per heavy atom. The summed E-state index contributed by atoms with van der Waals surface area (Å²) in [5.41, 5.74) is -0.703. The molecule has 4 atom stereocenters. The second kappa shape index (κ2) is 7.40. The lowest BCUT2D eigenvalue weighted by Crippen LogP contribution is -2.59. The summed E-state index contributed by atoms with van der Waals surface area (Å²) in [7, 11) is 0. The van der Waals surface area contributed by atoms with Gasteiger partial charge in [-0.3, -0.25) is 24.6 Å². The predicted octanol–water partition coefficient (Wildman–Crippen LogP) is 3.40. The number of imide groups is 1. The van der Waals surface area contributed by atoms with E-state index in [4.69, 9.17) is 11.6 Å². The normalized spacial score (nSPS) is 32.8. The van der Waals surface area contributed by atoms with Crippen LogP contribution in [0.2, 0.25) is 5.02 Å². The summed E-state index contributed by atoms with van der Waals surface area (Å²) in [6, 6.07) is 6.40. The van der Waals surface area contributed by atoms with E-state index in [0.29, 0.717) is 5.02 Å². The molecule has 2 N–H and O–H groups in total. The van der Waals surface area contributed by atoms with E-state index >= 15 is 0 Å². The fourth-order valence-electron chi connectivity index (χ4n) is 5.59. The summed E-state index contributed by atoms with van der Waals surface area (Å²) in [6.45, 7) is 3.59. The molecule has 2 saturated heterocycles. The van der Waals surface area contributed by atoms with Gasteiger partial charge in [0.05, 0.1) is 11.8 Å². The number of benzene rings is 1. The van der Waals surface area contributed by atoms with Crippen molar-refractivity contribution in [2.45, 2.75) is 63.6 Å². The summed E-state index contributed by atoms with van der Waals surface area (Å²) in [5.74, 6) is -3.63. The Balaban J connectivity index is 1.81. The van der Waals surface area contributed by atoms with Gasteiger partial charge in [-0.15, -0.1) is 0 Å². The maximum absolute atomic E-state index is 13.5. The quantitative estimate of drug-likeness (QED) is 0.732. The van der Waals surface area contributed by atoms with Crippen molar-refractivity contribution in [2.75, 3.05) is 0 Å². The Hall–Kier alpha value is -1.92. The molecule has 1 saturated carbocycles. The zero-order valence-electron chi connectivity index (χ0n) is 16.7. The third-order valence-corrected chi connectivity index (χ3v) is 7.31. The molecule has 4 rings (SSSR count). The minimum atomic E-state index is -1.48. The van der Waals surface area contributed by atoms with Crippen molar-refractivity contribution in [2.24, 2.45) is 17.8 Å². The van der Waals surface area contributed by atoms with Crippen molar-refractivity contribution in [3.05, 3.63) is 34.9 Å². The van der Waals surface area contributed by atoms with Crippen LogP contribution in [0.5, 0.6) is 0 Å². The fourth-order valence-corrected chi connectivity index (χ4v) is 5.72. The number of carboxylic acid groups (broad SMARTS) is 1. The van der Waals surface area contributed by atoms with Gasteiger partial charge in [0, 0.05) is 17.1 Å². The first-order chi connectivity index (χ1) is 13.8. The SMILES string of the molecule is CC(C)C1(C(=O)O)NC(c2ccc(Cl)cc2)C2C(=O)N(C3CCCCC3)C(=O)C21. The number of amides is 2. The lowest BCUT2D eigenvalue weighted by molar-refractivity contribution is -0.154. The molecular formula is C22H27ClN2O4. The first-order valence-electron chi connectivity index (χ1n) is 10.4. The topological polar surface area (TPSA) is 86.7 Å². The predicted molar refractivity (Wildman–Crippen MR) is 108 cm³/mol. The Morgan fingerprint density at radius 3 is 2.31 bits per heavy atom. The van der Waals surface area contributed by atoms with Gasteiger partial charge < -0.3 is 5.11 Å². The molecule has 2 amide bonds. The molecule has 29 heavy (non-hydrogen) atoms. The molecular weight excluding hydrogens is 392 g/mol. The number of aliphatic carboxylic acids is 1. The summed E-state index contributed by atoms with van der Waals surface area (Å²) in [5, 5.41) is 14.0. The molecule has 1 aromatic rings. The van der Waals surface area contributed by atoms with Crippen LogP contribution in [0.1, 0.15) is 57.6 Å². The minimum absolute atomic E-state index is 0.112. The van der Waals surface area contributed by atoms with Crippen molar-refractivity contribution in [1.29, 1.82) is 0 Å². The molecule has 4 unspecified atom stereocenters. The highest BCUT2D eigenvalue weighted by molar-refractivity contribution is 6.30. The van der Waals surface area contributed by atoms with Crippen LogP contribution in [0.25, 0.3) is 0 Å². The van der Waals surface area contributed by atoms with Gasteiger partial charge in [0.2, 0.25) is 11.8 Å². The maximum atomic E-state index is 13.5. The van der Waals surface area contributed by atoms with Crippen molar-refractivity contribution in [1.82, 2.24) is 10.2 Å². The average molecular weight is 419 g/mol. The van der Waals surface area contributed by atoms with Gasteiger partial charge in [0.25, 0.3) is 0 Å². The number of likely N-dealkylation sites (tertiary alicyclic amines) is 1. The highest BCUT2D eigenvalue weighted by Gasteiger charge is 2.69. The minimum Gasteiger partial charge on any atom is -0.480 e. The van der Waals surface area contributed by atoms with Crippen molar-refractivity contribution in [3.63, 3.8) is 0 Å². The average Bonchev–Trinajstić information content (AvgIpc) is 3.18. The second-order valence-corrected chi connectivity index (χ2v) is 9.28. The Morgan fingerprint density at radius 2 is 1.76 bits per heavy atom. The Labute approximate surface area is 175 Å². The zero-order valence-corrected chi connectivity index (χ0v) is 17.5. The smallest absolute Gasteiger partial charge is 0.325 e. The van der Waals surface area contributed by atoms with Crippen LogP contribution >= 0.6 is 11.6 Å². The number of fused-ring (bicyclic) bond motifs is 1. The summed E-state index contributed by atoms with van der Waals surface area (Å²) < 4.78 is 0. The van der Waals surface area contributed by atoms with Crippen LogP contribution in [-0.2, 0) is 14.4 Å². The number of rotatable bonds is 4. The van der Waals surface area contributed by atoms with Gasteiger partial charge in [-0.2, -0.15) is 0 Å². The van der Waals surface area contributed by atoms with E-state index < -0.39 is 29.4 Å². The van der Waals surface area contributed by atoms with E-state index in [1.165, 1.54) is 4.90 Å². The number of hydrogen-bond donors (Lipinski definition) is 2. The molecule has 7 heteroatoms. The van der Waals surface area contributed by atoms with E-state index in [9.17, 15) is 19.5 Å². The van der Waals surface area contributed by atoms with Gasteiger partial charge in [0.1, 0.15) is 5.54 Å². The number of halogens is 1. The monoisotopic (exact) mass is 418 g/mol. The van der Waals surface area contributed by atoms with Gasteiger partial charge in [0.15, 0.2) is 0 Å². The molecule has 156 valence electrons. The molecule has 6 nitrogen and oxygen atoms in total. The van der Waals surface area contributed by atoms with E-state index in [2.05, 4.69) is 5.32 Å². The number of carbonyl (C=O) groups excluding carboxylic acids is 2. The molecule has 3 aliphatic rings. The number of nitrogens with one attached hydrogen (secondary N) is 1. The Kier molecular flexibility index (Phi) is 5.20. The summed E-state index contributed by atoms with van der Waals surface area (Å²) >= 11 is 6.02. The number of hydrogen-bond acceptors (Lipinski definition) is 4. The molecule has 2 aliphatic heterocycles. The van der Waals surface area contributed by atoms with E-state index in [-0.39, 0.29) is 23.8 Å². The molecule has 0 bridgehead atoms. The largest absolute Gasteiger partial charge is 0.480 e. The third-order valence-electron chi connectivity index (χ3n) is 7.06. The van der Waals surface area contributed by atoms with Crippen LogP contribution in [0, 0.1) is 17.8 Å². The lowest BCUT2D eigenvalue weighted by Gasteiger charge is -2.36. The first-order valence-corrected chi connectivity index (χ1v) is 10.8. The standard InChI is InChI=1S/C22H27ClN2O4/c1-12(2)22(21(28)29)17-16(18(24-22)13-8-10-14(23)11-9-13)19(26)25(20(17)27)15-6-4-3-5-7-15/h8-12,15-18,24H,3-7H2,1-2H3,(H,28,29). The molecule has 0 spiro atoms. The van der Waals surface area contributed by atoms with Crippen LogP contribution in [0.3, 0.4) is 0 Å². The lowest BCUT2D eigenvalue weighted by atomic mass is 9.73. The van der Waals surface area contributed by atoms with Gasteiger partial charge in [-0.25, -0.2) is 0 Å². The summed E-state index contributed by atoms with van der Waals surface area (Å²) in [4.78, 5) is 41.0. The van der Waals surface area contributed by atoms with Gasteiger partial charge in [-0.1, -0.05) is 56.8 Å². The van der Waals surface area contributed by atoms with Crippen LogP contribution in [0.15, 0.2) is 24.3 Å². The molecule has 0 radical (unpaired) electrons. The number of carbonyl (C=O) groups is 3. The maximum Gasteiger partial charge on any atom is 0.325 e. The highest BCUT2D eigenvalue weighted by Crippen LogP contribution is 2.52. The van der Waals surface area contributed by atoms with Crippen LogP contribution < -0.4 is 5.32 Å². The van der Waals surface area contributed by atoms with Crippen LogP contribution in [0.4, 0.5) is 0 Å². The van der Waals surface area contributed by atoms with E-state index in [1.807, 2.05) is 0 Å². The molecule has 3 fully saturated rings. The van der Waals surface area contributed by atoms with Crippen molar-refractivity contribution in [3.8, 4) is 0 Å². The van der Waals surface area contributed by atoms with E-state index in [1.54, 1.807) is 38.1 Å². The fraction of sp³-hybridized carbons (Fsp3) is 0.591. The molecule has 2 heterocycles. The third kappa shape index (κ3) is 2.99. The zero-order chi connectivity index (χ0) is 20.9. The van der Waals surface area contributed by atoms with Crippen molar-refractivity contribution >= 4 is 29.4 Å². The summed E-state index contributed by atoms with van der Waals surface area (Å²) in [6.07, 6.45) is 4.70. The van der Waals surface area contributed by atoms with Gasteiger partial charge >= 0.3 is 5.97 Å². The van der Waals surface area contributed by atoms with Crippen molar-refractivity contribution < 1.29 is 19.5 Å². The molecule has 1 aromatic carbocycles. The first kappa shape index (κ1) is 20.4. The second-order valence-electron chi connectivity index (χ2n) is 8.84. The van der Waals surface area contributed by atoms with Gasteiger partial charge in [-0.05, 0) is 36.5 Å². The van der Waals surface area contributed by atoms with E-state index in [0.717, 1.165) is 37.7 Å². The number of carboxylic acids is 1. The Bertz CT molecular complexity index is 834. The van der Waals surface area contributed by atoms with Crippen LogP contribution in [-0.4, -0.2) is 39.4 Å². The highest BCUT2D eigenvalue weighted by atomic mass is 35.5. The molecule has 0 aromatic heterocycles.